The second-order valence-electron chi connectivity index (χ2n) is 5.39. The number of anilines is 1. The summed E-state index contributed by atoms with van der Waals surface area (Å²) >= 11 is 0. The largest absolute Gasteiger partial charge is 0.356 e. The zero-order chi connectivity index (χ0) is 14.8. The molecule has 2 unspecified atom stereocenters. The lowest BCUT2D eigenvalue weighted by molar-refractivity contribution is 0.595. The average Bonchev–Trinajstić information content (AvgIpc) is 2.79. The Labute approximate surface area is 121 Å². The van der Waals surface area contributed by atoms with Crippen molar-refractivity contribution in [1.29, 1.82) is 0 Å². The molecular weight excluding hydrogens is 274 g/mol. The molecule has 0 saturated carbocycles. The van der Waals surface area contributed by atoms with E-state index in [1.54, 1.807) is 6.20 Å². The van der Waals surface area contributed by atoms with E-state index in [-0.39, 0.29) is 23.6 Å². The van der Waals surface area contributed by atoms with E-state index < -0.39 is 9.84 Å². The first-order valence-electron chi connectivity index (χ1n) is 7.05. The quantitative estimate of drug-likeness (QED) is 0.889. The zero-order valence-electron chi connectivity index (χ0n) is 12.3. The van der Waals surface area contributed by atoms with Crippen molar-refractivity contribution in [1.82, 2.24) is 10.3 Å². The highest BCUT2D eigenvalue weighted by molar-refractivity contribution is 7.91. The number of nitrogens with zero attached hydrogens (tertiary/aromatic N) is 2. The molecule has 0 aliphatic carbocycles. The number of aromatic nitrogens is 1. The molecule has 1 aromatic rings. The van der Waals surface area contributed by atoms with Crippen molar-refractivity contribution < 1.29 is 8.42 Å². The predicted octanol–water partition coefficient (Wildman–Crippen LogP) is 1.38. The monoisotopic (exact) mass is 297 g/mol. The summed E-state index contributed by atoms with van der Waals surface area (Å²) in [5.74, 6) is 1.36. The summed E-state index contributed by atoms with van der Waals surface area (Å²) < 4.78 is 23.2. The van der Waals surface area contributed by atoms with E-state index in [4.69, 9.17) is 0 Å². The Morgan fingerprint density at radius 1 is 1.55 bits per heavy atom. The topological polar surface area (TPSA) is 62.3 Å². The van der Waals surface area contributed by atoms with Gasteiger partial charge in [-0.3, -0.25) is 0 Å². The lowest BCUT2D eigenvalue weighted by atomic mass is 10.1. The Bertz CT molecular complexity index is 559. The molecule has 1 N–H and O–H groups in total. The lowest BCUT2D eigenvalue weighted by Crippen LogP contribution is -2.33. The molecule has 0 bridgehead atoms. The summed E-state index contributed by atoms with van der Waals surface area (Å²) in [5, 5.41) is 3.37. The molecule has 2 atom stereocenters. The summed E-state index contributed by atoms with van der Waals surface area (Å²) in [6, 6.07) is 4.34. The van der Waals surface area contributed by atoms with Crippen molar-refractivity contribution in [2.75, 3.05) is 30.0 Å². The van der Waals surface area contributed by atoms with E-state index in [1.807, 2.05) is 24.1 Å². The van der Waals surface area contributed by atoms with E-state index in [0.29, 0.717) is 6.42 Å². The van der Waals surface area contributed by atoms with Gasteiger partial charge in [-0.15, -0.1) is 0 Å². The van der Waals surface area contributed by atoms with Crippen molar-refractivity contribution >= 4 is 15.7 Å². The van der Waals surface area contributed by atoms with Crippen molar-refractivity contribution in [3.8, 4) is 0 Å². The minimum atomic E-state index is -2.87. The van der Waals surface area contributed by atoms with E-state index in [1.165, 1.54) is 5.56 Å². The maximum Gasteiger partial charge on any atom is 0.152 e. The van der Waals surface area contributed by atoms with Crippen LogP contribution in [0.1, 0.15) is 31.9 Å². The Balaban J connectivity index is 2.14. The third kappa shape index (κ3) is 3.49. The number of sulfone groups is 1. The van der Waals surface area contributed by atoms with Crippen LogP contribution in [-0.2, 0) is 9.84 Å². The van der Waals surface area contributed by atoms with Gasteiger partial charge in [0, 0.05) is 25.3 Å². The van der Waals surface area contributed by atoms with Crippen LogP contribution < -0.4 is 10.2 Å². The van der Waals surface area contributed by atoms with Crippen molar-refractivity contribution in [2.24, 2.45) is 0 Å². The molecule has 2 heterocycles. The van der Waals surface area contributed by atoms with Crippen molar-refractivity contribution in [3.63, 3.8) is 0 Å². The Kier molecular flexibility index (Phi) is 4.65. The van der Waals surface area contributed by atoms with Crippen LogP contribution in [0.2, 0.25) is 0 Å². The minimum Gasteiger partial charge on any atom is -0.356 e. The molecule has 6 heteroatoms. The molecular formula is C14H23N3O2S. The number of rotatable bonds is 5. The molecule has 0 spiro atoms. The van der Waals surface area contributed by atoms with Crippen LogP contribution in [0.15, 0.2) is 18.3 Å². The highest BCUT2D eigenvalue weighted by Crippen LogP contribution is 2.23. The van der Waals surface area contributed by atoms with Gasteiger partial charge in [0.1, 0.15) is 5.82 Å². The van der Waals surface area contributed by atoms with Crippen molar-refractivity contribution in [3.05, 3.63) is 23.9 Å². The first-order chi connectivity index (χ1) is 9.43. The second-order valence-corrected chi connectivity index (χ2v) is 7.62. The van der Waals surface area contributed by atoms with E-state index in [2.05, 4.69) is 24.1 Å². The number of hydrogen-bond donors (Lipinski definition) is 1. The molecule has 1 aromatic heterocycles. The van der Waals surface area contributed by atoms with Gasteiger partial charge in [-0.05, 0) is 37.6 Å². The smallest absolute Gasteiger partial charge is 0.152 e. The fourth-order valence-corrected chi connectivity index (χ4v) is 4.36. The summed E-state index contributed by atoms with van der Waals surface area (Å²) in [6.45, 7) is 5.10. The maximum absolute atomic E-state index is 11.6. The van der Waals surface area contributed by atoms with Gasteiger partial charge in [-0.1, -0.05) is 6.92 Å². The summed E-state index contributed by atoms with van der Waals surface area (Å²) in [4.78, 5) is 6.37. The van der Waals surface area contributed by atoms with E-state index >= 15 is 0 Å². The Morgan fingerprint density at radius 2 is 2.30 bits per heavy atom. The molecule has 20 heavy (non-hydrogen) atoms. The fourth-order valence-electron chi connectivity index (χ4n) is 2.59. The van der Waals surface area contributed by atoms with Gasteiger partial charge < -0.3 is 10.2 Å². The standard InChI is InChI=1S/C14H23N3O2S/c1-4-15-11(2)12-5-7-16-14(9-12)17(3)13-6-8-20(18,19)10-13/h5,7,9,11,13,15H,4,6,8,10H2,1-3H3. The highest BCUT2D eigenvalue weighted by Gasteiger charge is 2.31. The summed E-state index contributed by atoms with van der Waals surface area (Å²) in [7, 11) is -0.939. The zero-order valence-corrected chi connectivity index (χ0v) is 13.2. The van der Waals surface area contributed by atoms with Gasteiger partial charge in [0.05, 0.1) is 11.5 Å². The summed E-state index contributed by atoms with van der Waals surface area (Å²) in [5.41, 5.74) is 1.17. The van der Waals surface area contributed by atoms with Gasteiger partial charge in [-0.2, -0.15) is 0 Å². The Morgan fingerprint density at radius 3 is 2.90 bits per heavy atom. The van der Waals surface area contributed by atoms with Gasteiger partial charge in [-0.25, -0.2) is 13.4 Å². The van der Waals surface area contributed by atoms with Crippen LogP contribution in [0.3, 0.4) is 0 Å². The molecule has 112 valence electrons. The molecule has 2 rings (SSSR count). The van der Waals surface area contributed by atoms with Gasteiger partial charge in [0.2, 0.25) is 0 Å². The molecule has 0 radical (unpaired) electrons. The van der Waals surface area contributed by atoms with Crippen LogP contribution in [0.5, 0.6) is 0 Å². The lowest BCUT2D eigenvalue weighted by Gasteiger charge is -2.25. The highest BCUT2D eigenvalue weighted by atomic mass is 32.2. The third-order valence-electron chi connectivity index (χ3n) is 3.90. The Hall–Kier alpha value is -1.14. The first kappa shape index (κ1) is 15.3. The van der Waals surface area contributed by atoms with Gasteiger partial charge >= 0.3 is 0 Å². The molecule has 1 aliphatic rings. The van der Waals surface area contributed by atoms with Crippen LogP contribution in [0, 0.1) is 0 Å². The molecule has 0 amide bonds. The van der Waals surface area contributed by atoms with Gasteiger partial charge in [0.15, 0.2) is 9.84 Å². The summed E-state index contributed by atoms with van der Waals surface area (Å²) in [6.07, 6.45) is 2.48. The minimum absolute atomic E-state index is 0.0391. The molecule has 1 fully saturated rings. The molecule has 1 aliphatic heterocycles. The van der Waals surface area contributed by atoms with Crippen LogP contribution in [-0.4, -0.2) is 44.5 Å². The van der Waals surface area contributed by atoms with E-state index in [9.17, 15) is 8.42 Å². The van der Waals surface area contributed by atoms with Crippen LogP contribution >= 0.6 is 0 Å². The first-order valence-corrected chi connectivity index (χ1v) is 8.87. The van der Waals surface area contributed by atoms with Crippen molar-refractivity contribution in [2.45, 2.75) is 32.4 Å². The average molecular weight is 297 g/mol. The SMILES string of the molecule is CCNC(C)c1ccnc(N(C)C2CCS(=O)(=O)C2)c1. The second kappa shape index (κ2) is 6.10. The van der Waals surface area contributed by atoms with Crippen LogP contribution in [0.25, 0.3) is 0 Å². The van der Waals surface area contributed by atoms with Crippen LogP contribution in [0.4, 0.5) is 5.82 Å². The maximum atomic E-state index is 11.6. The number of nitrogens with one attached hydrogen (secondary N) is 1. The van der Waals surface area contributed by atoms with Gasteiger partial charge in [0.25, 0.3) is 0 Å². The molecule has 1 saturated heterocycles. The number of hydrogen-bond acceptors (Lipinski definition) is 5. The molecule has 0 aromatic carbocycles. The predicted molar refractivity (Wildman–Crippen MR) is 81.8 cm³/mol. The molecule has 5 nitrogen and oxygen atoms in total. The normalized spacial score (nSPS) is 22.6. The van der Waals surface area contributed by atoms with E-state index in [0.717, 1.165) is 12.4 Å². The third-order valence-corrected chi connectivity index (χ3v) is 5.65. The fraction of sp³-hybridized carbons (Fsp3) is 0.643. The number of pyridine rings is 1.